The predicted molar refractivity (Wildman–Crippen MR) is 80.6 cm³/mol. The van der Waals surface area contributed by atoms with Gasteiger partial charge < -0.3 is 9.73 Å². The lowest BCUT2D eigenvalue weighted by Crippen LogP contribution is -2.24. The van der Waals surface area contributed by atoms with Gasteiger partial charge in [-0.1, -0.05) is 22.9 Å². The molecule has 0 aliphatic rings. The first kappa shape index (κ1) is 15.7. The molecule has 108 valence electrons. The molecule has 2 rings (SSSR count). The first-order chi connectivity index (χ1) is 9.52. The molecule has 0 amide bonds. The molecule has 20 heavy (non-hydrogen) atoms. The SMILES string of the molecule is CCCNC(c1ccc(Br)o1)c1c(F)cc(Br)cc1F. The number of benzene rings is 1. The molecule has 2 nitrogen and oxygen atoms in total. The van der Waals surface area contributed by atoms with E-state index in [1.807, 2.05) is 6.92 Å². The molecular weight excluding hydrogens is 396 g/mol. The Balaban J connectivity index is 2.46. The molecule has 0 aliphatic heterocycles. The van der Waals surface area contributed by atoms with Crippen molar-refractivity contribution in [2.75, 3.05) is 6.54 Å². The van der Waals surface area contributed by atoms with Crippen LogP contribution in [0.5, 0.6) is 0 Å². The van der Waals surface area contributed by atoms with Gasteiger partial charge in [0, 0.05) is 10.0 Å². The van der Waals surface area contributed by atoms with E-state index in [0.29, 0.717) is 21.4 Å². The summed E-state index contributed by atoms with van der Waals surface area (Å²) in [6, 6.07) is 5.23. The van der Waals surface area contributed by atoms with Crippen LogP contribution in [-0.4, -0.2) is 6.54 Å². The fourth-order valence-electron chi connectivity index (χ4n) is 1.95. The molecule has 0 bridgehead atoms. The van der Waals surface area contributed by atoms with Crippen molar-refractivity contribution < 1.29 is 13.2 Å². The number of hydrogen-bond acceptors (Lipinski definition) is 2. The third-order valence-corrected chi connectivity index (χ3v) is 3.69. The summed E-state index contributed by atoms with van der Waals surface area (Å²) < 4.78 is 34.6. The van der Waals surface area contributed by atoms with E-state index < -0.39 is 17.7 Å². The lowest BCUT2D eigenvalue weighted by Gasteiger charge is -2.18. The van der Waals surface area contributed by atoms with E-state index in [1.54, 1.807) is 12.1 Å². The molecule has 0 saturated heterocycles. The summed E-state index contributed by atoms with van der Waals surface area (Å²) in [5.41, 5.74) is -0.0384. The molecule has 1 unspecified atom stereocenters. The standard InChI is InChI=1S/C14H13Br2F2NO/c1-2-5-19-14(11-3-4-12(16)20-11)13-9(17)6-8(15)7-10(13)18/h3-4,6-7,14,19H,2,5H2,1H3. The van der Waals surface area contributed by atoms with Gasteiger partial charge in [-0.05, 0) is 53.2 Å². The van der Waals surface area contributed by atoms with E-state index in [-0.39, 0.29) is 5.56 Å². The van der Waals surface area contributed by atoms with Crippen LogP contribution in [0.3, 0.4) is 0 Å². The van der Waals surface area contributed by atoms with Crippen molar-refractivity contribution >= 4 is 31.9 Å². The fourth-order valence-corrected chi connectivity index (χ4v) is 2.67. The average molecular weight is 409 g/mol. The van der Waals surface area contributed by atoms with Gasteiger partial charge in [0.15, 0.2) is 4.67 Å². The van der Waals surface area contributed by atoms with Crippen molar-refractivity contribution in [3.8, 4) is 0 Å². The Hall–Kier alpha value is -0.720. The maximum atomic E-state index is 14.1. The van der Waals surface area contributed by atoms with Crippen LogP contribution in [-0.2, 0) is 0 Å². The number of hydrogen-bond donors (Lipinski definition) is 1. The number of rotatable bonds is 5. The highest BCUT2D eigenvalue weighted by atomic mass is 79.9. The molecule has 1 N–H and O–H groups in total. The molecule has 1 heterocycles. The number of furan rings is 1. The van der Waals surface area contributed by atoms with Crippen molar-refractivity contribution in [2.24, 2.45) is 0 Å². The Labute approximate surface area is 132 Å². The molecule has 0 saturated carbocycles. The highest BCUT2D eigenvalue weighted by molar-refractivity contribution is 9.10. The molecule has 0 spiro atoms. The first-order valence-corrected chi connectivity index (χ1v) is 7.74. The van der Waals surface area contributed by atoms with Crippen LogP contribution in [0.4, 0.5) is 8.78 Å². The molecule has 6 heteroatoms. The Morgan fingerprint density at radius 2 is 1.85 bits per heavy atom. The molecule has 2 aromatic rings. The van der Waals surface area contributed by atoms with E-state index in [9.17, 15) is 8.78 Å². The Kier molecular flexibility index (Phi) is 5.35. The minimum Gasteiger partial charge on any atom is -0.452 e. The van der Waals surface area contributed by atoms with Crippen LogP contribution in [0.25, 0.3) is 0 Å². The topological polar surface area (TPSA) is 25.2 Å². The molecule has 0 radical (unpaired) electrons. The highest BCUT2D eigenvalue weighted by Crippen LogP contribution is 2.31. The van der Waals surface area contributed by atoms with Gasteiger partial charge >= 0.3 is 0 Å². The van der Waals surface area contributed by atoms with Gasteiger partial charge in [0.05, 0.1) is 6.04 Å². The first-order valence-electron chi connectivity index (χ1n) is 6.16. The minimum atomic E-state index is -0.658. The van der Waals surface area contributed by atoms with Gasteiger partial charge in [0.1, 0.15) is 17.4 Å². The summed E-state index contributed by atoms with van der Waals surface area (Å²) in [6.45, 7) is 2.61. The summed E-state index contributed by atoms with van der Waals surface area (Å²) >= 11 is 6.28. The normalized spacial score (nSPS) is 12.7. The highest BCUT2D eigenvalue weighted by Gasteiger charge is 2.24. The lowest BCUT2D eigenvalue weighted by atomic mass is 10.0. The van der Waals surface area contributed by atoms with Gasteiger partial charge in [-0.15, -0.1) is 0 Å². The zero-order valence-corrected chi connectivity index (χ0v) is 13.9. The Morgan fingerprint density at radius 1 is 1.20 bits per heavy atom. The summed E-state index contributed by atoms with van der Waals surface area (Å²) in [4.78, 5) is 0. The van der Waals surface area contributed by atoms with E-state index in [1.165, 1.54) is 12.1 Å². The van der Waals surface area contributed by atoms with Crippen LogP contribution in [0.1, 0.15) is 30.7 Å². The minimum absolute atomic E-state index is 0.0384. The molecule has 1 aromatic heterocycles. The van der Waals surface area contributed by atoms with E-state index in [0.717, 1.165) is 6.42 Å². The zero-order chi connectivity index (χ0) is 14.7. The van der Waals surface area contributed by atoms with Crippen LogP contribution in [0.2, 0.25) is 0 Å². The summed E-state index contributed by atoms with van der Waals surface area (Å²) in [7, 11) is 0. The maximum absolute atomic E-state index is 14.1. The fraction of sp³-hybridized carbons (Fsp3) is 0.286. The van der Waals surface area contributed by atoms with Crippen molar-refractivity contribution in [1.82, 2.24) is 5.32 Å². The zero-order valence-electron chi connectivity index (χ0n) is 10.7. The molecule has 1 atom stereocenters. The second-order valence-electron chi connectivity index (χ2n) is 4.31. The molecular formula is C14H13Br2F2NO. The van der Waals surface area contributed by atoms with Gasteiger partial charge in [0.25, 0.3) is 0 Å². The van der Waals surface area contributed by atoms with Crippen molar-refractivity contribution in [1.29, 1.82) is 0 Å². The second-order valence-corrected chi connectivity index (χ2v) is 6.01. The van der Waals surface area contributed by atoms with Crippen LogP contribution in [0.15, 0.2) is 37.8 Å². The Bertz CT molecular complexity index is 578. The van der Waals surface area contributed by atoms with Crippen LogP contribution < -0.4 is 5.32 Å². The quantitative estimate of drug-likeness (QED) is 0.737. The smallest absolute Gasteiger partial charge is 0.169 e. The largest absolute Gasteiger partial charge is 0.452 e. The Morgan fingerprint density at radius 3 is 2.35 bits per heavy atom. The van der Waals surface area contributed by atoms with Crippen LogP contribution >= 0.6 is 31.9 Å². The third kappa shape index (κ3) is 3.48. The second kappa shape index (κ2) is 6.83. The summed E-state index contributed by atoms with van der Waals surface area (Å²) in [6.07, 6.45) is 0.845. The van der Waals surface area contributed by atoms with Gasteiger partial charge in [-0.3, -0.25) is 0 Å². The lowest BCUT2D eigenvalue weighted by molar-refractivity contribution is 0.412. The monoisotopic (exact) mass is 407 g/mol. The van der Waals surface area contributed by atoms with Crippen LogP contribution in [0, 0.1) is 11.6 Å². The summed E-state index contributed by atoms with van der Waals surface area (Å²) in [5, 5.41) is 3.11. The summed E-state index contributed by atoms with van der Waals surface area (Å²) in [5.74, 6) is -0.763. The third-order valence-electron chi connectivity index (χ3n) is 2.81. The van der Waals surface area contributed by atoms with E-state index in [2.05, 4.69) is 37.2 Å². The number of nitrogens with one attached hydrogen (secondary N) is 1. The molecule has 1 aromatic carbocycles. The van der Waals surface area contributed by atoms with Crippen molar-refractivity contribution in [3.05, 3.63) is 56.4 Å². The van der Waals surface area contributed by atoms with Crippen molar-refractivity contribution in [2.45, 2.75) is 19.4 Å². The van der Waals surface area contributed by atoms with E-state index in [4.69, 9.17) is 4.42 Å². The molecule has 0 aliphatic carbocycles. The predicted octanol–water partition coefficient (Wildman–Crippen LogP) is 5.17. The average Bonchev–Trinajstić information content (AvgIpc) is 2.78. The van der Waals surface area contributed by atoms with Crippen molar-refractivity contribution in [3.63, 3.8) is 0 Å². The van der Waals surface area contributed by atoms with Gasteiger partial charge in [-0.25, -0.2) is 8.78 Å². The van der Waals surface area contributed by atoms with E-state index >= 15 is 0 Å². The maximum Gasteiger partial charge on any atom is 0.169 e. The number of halogens is 4. The van der Waals surface area contributed by atoms with Gasteiger partial charge in [0.2, 0.25) is 0 Å². The molecule has 0 fully saturated rings. The van der Waals surface area contributed by atoms with Gasteiger partial charge in [-0.2, -0.15) is 0 Å².